The van der Waals surface area contributed by atoms with Gasteiger partial charge in [-0.05, 0) is 92.3 Å². The summed E-state index contributed by atoms with van der Waals surface area (Å²) in [5.74, 6) is 3.24. The Morgan fingerprint density at radius 3 is 2.47 bits per heavy atom. The van der Waals surface area contributed by atoms with E-state index in [1.54, 1.807) is 0 Å². The minimum absolute atomic E-state index is 0.122. The topological polar surface area (TPSA) is 54.4 Å². The fourth-order valence-corrected chi connectivity index (χ4v) is 11.2. The van der Waals surface area contributed by atoms with Crippen molar-refractivity contribution in [1.29, 1.82) is 0 Å². The van der Waals surface area contributed by atoms with Gasteiger partial charge in [-0.15, -0.1) is 0 Å². The molecule has 4 heteroatoms. The lowest BCUT2D eigenvalue weighted by molar-refractivity contribution is -0.0770. The summed E-state index contributed by atoms with van der Waals surface area (Å²) < 4.78 is 25.4. The first kappa shape index (κ1) is 24.5. The second-order valence-electron chi connectivity index (χ2n) is 13.1. The van der Waals surface area contributed by atoms with Crippen molar-refractivity contribution in [2.24, 2.45) is 45.8 Å². The second kappa shape index (κ2) is 7.97. The third kappa shape index (κ3) is 3.76. The fourth-order valence-electron chi connectivity index (χ4n) is 9.32. The molecule has 2 unspecified atom stereocenters. The van der Waals surface area contributed by atoms with Gasteiger partial charge in [0.2, 0.25) is 0 Å². The van der Waals surface area contributed by atoms with Crippen molar-refractivity contribution >= 4 is 9.84 Å². The Hall–Kier alpha value is -0.610. The predicted octanol–water partition coefficient (Wildman–Crippen LogP) is 6.19. The monoisotopic (exact) mass is 462 g/mol. The molecule has 0 bridgehead atoms. The molecule has 0 aromatic heterocycles. The first-order valence-electron chi connectivity index (χ1n) is 13.0. The number of aliphatic hydroxyl groups excluding tert-OH is 1. The van der Waals surface area contributed by atoms with Crippen molar-refractivity contribution in [3.63, 3.8) is 0 Å². The summed E-state index contributed by atoms with van der Waals surface area (Å²) >= 11 is 0. The molecular formula is C28H46O3S. The number of rotatable bonds is 5. The largest absolute Gasteiger partial charge is 0.392 e. The van der Waals surface area contributed by atoms with Crippen molar-refractivity contribution in [2.45, 2.75) is 92.6 Å². The number of allylic oxidation sites excluding steroid dienone is 1. The summed E-state index contributed by atoms with van der Waals surface area (Å²) in [5, 5.41) is 10.7. The summed E-state index contributed by atoms with van der Waals surface area (Å²) in [6, 6.07) is 0. The molecule has 3 fully saturated rings. The van der Waals surface area contributed by atoms with Gasteiger partial charge in [0.25, 0.3) is 0 Å². The van der Waals surface area contributed by atoms with E-state index in [4.69, 9.17) is 0 Å². The van der Waals surface area contributed by atoms with E-state index in [1.807, 2.05) is 6.92 Å². The van der Waals surface area contributed by atoms with Gasteiger partial charge in [-0.2, -0.15) is 0 Å². The average Bonchev–Trinajstić information content (AvgIpc) is 3.01. The van der Waals surface area contributed by atoms with Gasteiger partial charge in [-0.1, -0.05) is 58.4 Å². The first-order chi connectivity index (χ1) is 14.7. The van der Waals surface area contributed by atoms with Crippen molar-refractivity contribution in [1.82, 2.24) is 0 Å². The van der Waals surface area contributed by atoms with Crippen LogP contribution in [0.25, 0.3) is 0 Å². The van der Waals surface area contributed by atoms with Crippen molar-refractivity contribution < 1.29 is 13.5 Å². The minimum atomic E-state index is -3.08. The highest BCUT2D eigenvalue weighted by Gasteiger charge is 2.61. The zero-order valence-electron chi connectivity index (χ0n) is 21.3. The fraction of sp³-hybridized carbons (Fsp3) is 0.857. The van der Waals surface area contributed by atoms with Crippen LogP contribution in [-0.2, 0) is 9.84 Å². The number of fused-ring (bicyclic) bond motifs is 5. The van der Waals surface area contributed by atoms with Crippen LogP contribution in [0.15, 0.2) is 23.8 Å². The maximum atomic E-state index is 12.7. The molecule has 4 aliphatic rings. The van der Waals surface area contributed by atoms with Gasteiger partial charge in [0.15, 0.2) is 9.84 Å². The van der Waals surface area contributed by atoms with Gasteiger partial charge in [0, 0.05) is 5.41 Å². The Morgan fingerprint density at radius 2 is 1.81 bits per heavy atom. The highest BCUT2D eigenvalue weighted by atomic mass is 32.2. The number of hydrogen-bond donors (Lipinski definition) is 1. The van der Waals surface area contributed by atoms with Crippen molar-refractivity contribution in [2.75, 3.05) is 11.5 Å². The average molecular weight is 463 g/mol. The highest BCUT2D eigenvalue weighted by molar-refractivity contribution is 7.91. The molecule has 3 nitrogen and oxygen atoms in total. The van der Waals surface area contributed by atoms with E-state index < -0.39 is 9.84 Å². The summed E-state index contributed by atoms with van der Waals surface area (Å²) in [6.07, 6.45) is 10.3. The molecule has 32 heavy (non-hydrogen) atoms. The van der Waals surface area contributed by atoms with E-state index in [0.29, 0.717) is 29.4 Å². The molecule has 1 N–H and O–H groups in total. The molecule has 0 amide bonds. The standard InChI is InChI=1S/C28H46O3S/c1-18(2)16-32(30,31)17-19(3)21-9-10-22-20-8-11-24-26(4,5)25(29)13-15-28(24,7)23(20)12-14-27(21,22)6/h11,19-23,25,29H,1,8-10,12-17H2,2-7H3/t19?,20-,21+,22-,23-,25?,27+,28+/m0/s1. The second-order valence-corrected chi connectivity index (χ2v) is 15.3. The van der Waals surface area contributed by atoms with Gasteiger partial charge in [0.1, 0.15) is 0 Å². The van der Waals surface area contributed by atoms with E-state index in [2.05, 4.69) is 47.3 Å². The van der Waals surface area contributed by atoms with Crippen LogP contribution < -0.4 is 0 Å². The van der Waals surface area contributed by atoms with Gasteiger partial charge in [0.05, 0.1) is 17.6 Å². The lowest BCUT2D eigenvalue weighted by Gasteiger charge is -2.61. The molecule has 0 aliphatic heterocycles. The number of hydrogen-bond acceptors (Lipinski definition) is 3. The van der Waals surface area contributed by atoms with Crippen LogP contribution in [0.5, 0.6) is 0 Å². The van der Waals surface area contributed by atoms with E-state index in [0.717, 1.165) is 24.8 Å². The Labute approximate surface area is 197 Å². The molecule has 0 aromatic carbocycles. The number of sulfone groups is 1. The van der Waals surface area contributed by atoms with E-state index in [1.165, 1.54) is 31.3 Å². The molecule has 0 aromatic rings. The lowest BCUT2D eigenvalue weighted by Crippen LogP contribution is -2.54. The third-order valence-corrected chi connectivity index (χ3v) is 12.6. The lowest BCUT2D eigenvalue weighted by atomic mass is 9.44. The van der Waals surface area contributed by atoms with E-state index >= 15 is 0 Å². The Morgan fingerprint density at radius 1 is 1.12 bits per heavy atom. The van der Waals surface area contributed by atoms with Crippen LogP contribution in [0.4, 0.5) is 0 Å². The van der Waals surface area contributed by atoms with Gasteiger partial charge in [-0.25, -0.2) is 8.42 Å². The molecule has 4 rings (SSSR count). The molecule has 0 heterocycles. The Balaban J connectivity index is 1.57. The molecule has 182 valence electrons. The van der Waals surface area contributed by atoms with Crippen LogP contribution in [0.1, 0.15) is 86.5 Å². The van der Waals surface area contributed by atoms with Crippen LogP contribution in [0.2, 0.25) is 0 Å². The molecule has 0 spiro atoms. The normalized spacial score (nSPS) is 44.1. The molecule has 0 radical (unpaired) electrons. The summed E-state index contributed by atoms with van der Waals surface area (Å²) in [4.78, 5) is 0. The van der Waals surface area contributed by atoms with E-state index in [9.17, 15) is 13.5 Å². The van der Waals surface area contributed by atoms with Gasteiger partial charge < -0.3 is 5.11 Å². The van der Waals surface area contributed by atoms with Gasteiger partial charge in [-0.3, -0.25) is 0 Å². The molecule has 8 atom stereocenters. The first-order valence-corrected chi connectivity index (χ1v) is 14.8. The van der Waals surface area contributed by atoms with Crippen LogP contribution in [0.3, 0.4) is 0 Å². The maximum absolute atomic E-state index is 12.7. The van der Waals surface area contributed by atoms with Crippen LogP contribution in [0, 0.1) is 45.8 Å². The Bertz CT molecular complexity index is 900. The van der Waals surface area contributed by atoms with Crippen molar-refractivity contribution in [3.8, 4) is 0 Å². The summed E-state index contributed by atoms with van der Waals surface area (Å²) in [6.45, 7) is 17.3. The molecule has 4 aliphatic carbocycles. The van der Waals surface area contributed by atoms with Crippen LogP contribution >= 0.6 is 0 Å². The van der Waals surface area contributed by atoms with E-state index in [-0.39, 0.29) is 34.0 Å². The van der Waals surface area contributed by atoms with Gasteiger partial charge >= 0.3 is 0 Å². The zero-order valence-corrected chi connectivity index (χ0v) is 22.1. The molecule has 3 saturated carbocycles. The smallest absolute Gasteiger partial charge is 0.154 e. The van der Waals surface area contributed by atoms with Crippen molar-refractivity contribution in [3.05, 3.63) is 23.8 Å². The number of aliphatic hydroxyl groups is 1. The molecular weight excluding hydrogens is 416 g/mol. The quantitative estimate of drug-likeness (QED) is 0.496. The minimum Gasteiger partial charge on any atom is -0.392 e. The SMILES string of the molecule is C=C(C)CS(=O)(=O)CC(C)[C@H]1CC[C@H]2[C@@H]3CC=C4C(C)(C)C(O)CC[C@]4(C)[C@H]3CC[C@]12C. The maximum Gasteiger partial charge on any atom is 0.154 e. The predicted molar refractivity (Wildman–Crippen MR) is 133 cm³/mol. The summed E-state index contributed by atoms with van der Waals surface area (Å²) in [5.41, 5.74) is 2.60. The highest BCUT2D eigenvalue weighted by Crippen LogP contribution is 2.68. The van der Waals surface area contributed by atoms with Crippen LogP contribution in [-0.4, -0.2) is 31.1 Å². The molecule has 0 saturated heterocycles. The summed E-state index contributed by atoms with van der Waals surface area (Å²) in [7, 11) is -3.08. The third-order valence-electron chi connectivity index (χ3n) is 10.7. The zero-order chi connectivity index (χ0) is 23.7. The Kier molecular flexibility index (Phi) is 6.11.